The zero-order valence-electron chi connectivity index (χ0n) is 14.4. The molecule has 24 heavy (non-hydrogen) atoms. The van der Waals surface area contributed by atoms with Crippen LogP contribution >= 0.6 is 11.3 Å². The Hall–Kier alpha value is -1.72. The molecule has 0 N–H and O–H groups in total. The quantitative estimate of drug-likeness (QED) is 0.834. The molecule has 0 aromatic carbocycles. The lowest BCUT2D eigenvalue weighted by Gasteiger charge is -2.36. The minimum Gasteiger partial charge on any atom is -0.339 e. The number of pyridine rings is 1. The van der Waals surface area contributed by atoms with Gasteiger partial charge in [-0.05, 0) is 61.0 Å². The molecule has 1 aliphatic heterocycles. The highest BCUT2D eigenvalue weighted by atomic mass is 32.1. The molecule has 1 unspecified atom stereocenters. The van der Waals surface area contributed by atoms with Crippen molar-refractivity contribution in [2.45, 2.75) is 45.3 Å². The molecule has 1 aliphatic rings. The third-order valence-electron chi connectivity index (χ3n) is 4.76. The van der Waals surface area contributed by atoms with Crippen molar-refractivity contribution in [1.82, 2.24) is 14.8 Å². The second-order valence-corrected chi connectivity index (χ2v) is 7.56. The molecule has 0 radical (unpaired) electrons. The maximum atomic E-state index is 13.0. The number of likely N-dealkylation sites (N-methyl/N-ethyl adjacent to an activating group) is 1. The van der Waals surface area contributed by atoms with Crippen LogP contribution in [0.25, 0.3) is 0 Å². The molecule has 1 fully saturated rings. The SMILES string of the molecule is Cc1ccsc1CN(C)C(=O)C1CCCCN1Cc1ccncc1. The Kier molecular flexibility index (Phi) is 5.63. The van der Waals surface area contributed by atoms with E-state index >= 15 is 0 Å². The van der Waals surface area contributed by atoms with Crippen LogP contribution in [-0.4, -0.2) is 40.3 Å². The molecule has 0 bridgehead atoms. The number of aryl methyl sites for hydroxylation is 1. The lowest BCUT2D eigenvalue weighted by molar-refractivity contribution is -0.137. The molecular weight excluding hydrogens is 318 g/mol. The zero-order valence-corrected chi connectivity index (χ0v) is 15.3. The molecular formula is C19H25N3OS. The van der Waals surface area contributed by atoms with Crippen LogP contribution in [0.4, 0.5) is 0 Å². The number of aromatic nitrogens is 1. The van der Waals surface area contributed by atoms with Gasteiger partial charge in [0, 0.05) is 30.9 Å². The van der Waals surface area contributed by atoms with Crippen molar-refractivity contribution in [1.29, 1.82) is 0 Å². The number of hydrogen-bond acceptors (Lipinski definition) is 4. The summed E-state index contributed by atoms with van der Waals surface area (Å²) in [6.07, 6.45) is 6.90. The first-order chi connectivity index (χ1) is 11.6. The fourth-order valence-corrected chi connectivity index (χ4v) is 4.25. The van der Waals surface area contributed by atoms with Crippen LogP contribution in [0.15, 0.2) is 36.0 Å². The monoisotopic (exact) mass is 343 g/mol. The number of carbonyl (C=O) groups is 1. The highest BCUT2D eigenvalue weighted by molar-refractivity contribution is 7.10. The highest BCUT2D eigenvalue weighted by Gasteiger charge is 2.30. The first kappa shape index (κ1) is 17.1. The molecule has 3 heterocycles. The van der Waals surface area contributed by atoms with E-state index in [1.807, 2.05) is 36.5 Å². The van der Waals surface area contributed by atoms with Gasteiger partial charge in [-0.2, -0.15) is 0 Å². The fraction of sp³-hybridized carbons (Fsp3) is 0.474. The molecule has 4 nitrogen and oxygen atoms in total. The topological polar surface area (TPSA) is 36.4 Å². The minimum absolute atomic E-state index is 0.00261. The van der Waals surface area contributed by atoms with E-state index in [0.717, 1.165) is 25.9 Å². The summed E-state index contributed by atoms with van der Waals surface area (Å²) in [6, 6.07) is 6.19. The summed E-state index contributed by atoms with van der Waals surface area (Å²) in [4.78, 5) is 22.6. The smallest absolute Gasteiger partial charge is 0.240 e. The lowest BCUT2D eigenvalue weighted by atomic mass is 10.00. The van der Waals surface area contributed by atoms with Gasteiger partial charge in [0.2, 0.25) is 5.91 Å². The minimum atomic E-state index is -0.00261. The molecule has 0 spiro atoms. The molecule has 2 aromatic rings. The number of carbonyl (C=O) groups excluding carboxylic acids is 1. The molecule has 5 heteroatoms. The van der Waals surface area contributed by atoms with Gasteiger partial charge in [0.15, 0.2) is 0 Å². The Morgan fingerprint density at radius 2 is 2.12 bits per heavy atom. The van der Waals surface area contributed by atoms with E-state index in [4.69, 9.17) is 0 Å². The number of likely N-dealkylation sites (tertiary alicyclic amines) is 1. The van der Waals surface area contributed by atoms with Gasteiger partial charge in [0.25, 0.3) is 0 Å². The Morgan fingerprint density at radius 3 is 2.83 bits per heavy atom. The summed E-state index contributed by atoms with van der Waals surface area (Å²) >= 11 is 1.73. The van der Waals surface area contributed by atoms with Crippen molar-refractivity contribution in [2.24, 2.45) is 0 Å². The van der Waals surface area contributed by atoms with Gasteiger partial charge < -0.3 is 4.90 Å². The van der Waals surface area contributed by atoms with Crippen LogP contribution in [-0.2, 0) is 17.9 Å². The van der Waals surface area contributed by atoms with Gasteiger partial charge >= 0.3 is 0 Å². The average molecular weight is 343 g/mol. The van der Waals surface area contributed by atoms with Crippen LogP contribution in [0, 0.1) is 6.92 Å². The van der Waals surface area contributed by atoms with Crippen LogP contribution in [0.1, 0.15) is 35.3 Å². The second-order valence-electron chi connectivity index (χ2n) is 6.56. The highest BCUT2D eigenvalue weighted by Crippen LogP contribution is 2.23. The Bertz CT molecular complexity index is 670. The maximum absolute atomic E-state index is 13.0. The van der Waals surface area contributed by atoms with Crippen molar-refractivity contribution in [3.05, 3.63) is 52.0 Å². The number of amides is 1. The van der Waals surface area contributed by atoms with Crippen LogP contribution < -0.4 is 0 Å². The van der Waals surface area contributed by atoms with E-state index in [1.54, 1.807) is 11.3 Å². The van der Waals surface area contributed by atoms with E-state index in [0.29, 0.717) is 6.54 Å². The molecule has 1 atom stereocenters. The summed E-state index contributed by atoms with van der Waals surface area (Å²) in [7, 11) is 1.93. The van der Waals surface area contributed by atoms with Gasteiger partial charge in [-0.3, -0.25) is 14.7 Å². The fourth-order valence-electron chi connectivity index (χ4n) is 3.30. The number of nitrogens with zero attached hydrogens (tertiary/aromatic N) is 3. The molecule has 2 aromatic heterocycles. The van der Waals surface area contributed by atoms with Crippen molar-refractivity contribution in [2.75, 3.05) is 13.6 Å². The third kappa shape index (κ3) is 4.02. The summed E-state index contributed by atoms with van der Waals surface area (Å²) < 4.78 is 0. The summed E-state index contributed by atoms with van der Waals surface area (Å²) in [5, 5.41) is 2.10. The normalized spacial score (nSPS) is 18.5. The van der Waals surface area contributed by atoms with E-state index < -0.39 is 0 Å². The molecule has 0 aliphatic carbocycles. The van der Waals surface area contributed by atoms with E-state index in [-0.39, 0.29) is 11.9 Å². The summed E-state index contributed by atoms with van der Waals surface area (Å²) in [5.74, 6) is 0.247. The number of thiophene rings is 1. The van der Waals surface area contributed by atoms with E-state index in [9.17, 15) is 4.79 Å². The van der Waals surface area contributed by atoms with Crippen molar-refractivity contribution in [3.63, 3.8) is 0 Å². The predicted octanol–water partition coefficient (Wildman–Crippen LogP) is 3.46. The van der Waals surface area contributed by atoms with Gasteiger partial charge in [-0.15, -0.1) is 11.3 Å². The summed E-state index contributed by atoms with van der Waals surface area (Å²) in [6.45, 7) is 4.64. The second kappa shape index (κ2) is 7.90. The Balaban J connectivity index is 1.67. The molecule has 3 rings (SSSR count). The van der Waals surface area contributed by atoms with E-state index in [2.05, 4.69) is 28.3 Å². The van der Waals surface area contributed by atoms with Gasteiger partial charge in [0.05, 0.1) is 12.6 Å². The van der Waals surface area contributed by atoms with Gasteiger partial charge in [0.1, 0.15) is 0 Å². The first-order valence-corrected chi connectivity index (χ1v) is 9.44. The maximum Gasteiger partial charge on any atom is 0.240 e. The van der Waals surface area contributed by atoms with Crippen LogP contribution in [0.5, 0.6) is 0 Å². The zero-order chi connectivity index (χ0) is 16.9. The summed E-state index contributed by atoms with van der Waals surface area (Å²) in [5.41, 5.74) is 2.50. The molecule has 0 saturated carbocycles. The Morgan fingerprint density at radius 1 is 1.33 bits per heavy atom. The third-order valence-corrected chi connectivity index (χ3v) is 5.77. The predicted molar refractivity (Wildman–Crippen MR) is 97.8 cm³/mol. The van der Waals surface area contributed by atoms with Crippen LogP contribution in [0.2, 0.25) is 0 Å². The van der Waals surface area contributed by atoms with Gasteiger partial charge in [-0.25, -0.2) is 0 Å². The molecule has 1 amide bonds. The van der Waals surface area contributed by atoms with Crippen molar-refractivity contribution in [3.8, 4) is 0 Å². The number of rotatable bonds is 5. The standard InChI is InChI=1S/C19H25N3OS/c1-15-8-12-24-18(15)14-21(2)19(23)17-5-3-4-11-22(17)13-16-6-9-20-10-7-16/h6-10,12,17H,3-5,11,13-14H2,1-2H3. The van der Waals surface area contributed by atoms with Crippen molar-refractivity contribution >= 4 is 17.2 Å². The average Bonchev–Trinajstić information content (AvgIpc) is 3.00. The number of piperidine rings is 1. The molecule has 128 valence electrons. The van der Waals surface area contributed by atoms with Gasteiger partial charge in [-0.1, -0.05) is 6.42 Å². The molecule has 1 saturated heterocycles. The lowest BCUT2D eigenvalue weighted by Crippen LogP contribution is -2.49. The first-order valence-electron chi connectivity index (χ1n) is 8.56. The Labute approximate surface area is 148 Å². The van der Waals surface area contributed by atoms with Crippen LogP contribution in [0.3, 0.4) is 0 Å². The number of hydrogen-bond donors (Lipinski definition) is 0. The van der Waals surface area contributed by atoms with Crippen molar-refractivity contribution < 1.29 is 4.79 Å². The largest absolute Gasteiger partial charge is 0.339 e. The van der Waals surface area contributed by atoms with E-state index in [1.165, 1.54) is 22.4 Å².